The van der Waals surface area contributed by atoms with Gasteiger partial charge in [-0.2, -0.15) is 0 Å². The minimum atomic E-state index is -0.275. The number of nitrogens with zero attached hydrogens (tertiary/aromatic N) is 3. The first-order valence-corrected chi connectivity index (χ1v) is 10.4. The maximum Gasteiger partial charge on any atom is 0.233 e. The fourth-order valence-corrected chi connectivity index (χ4v) is 4.28. The van der Waals surface area contributed by atoms with Crippen LogP contribution in [-0.4, -0.2) is 39.2 Å². The van der Waals surface area contributed by atoms with Crippen molar-refractivity contribution in [2.75, 3.05) is 18.8 Å². The lowest BCUT2D eigenvalue weighted by Gasteiger charge is -2.26. The van der Waals surface area contributed by atoms with Crippen molar-refractivity contribution in [1.29, 1.82) is 0 Å². The Morgan fingerprint density at radius 1 is 1.14 bits per heavy atom. The van der Waals surface area contributed by atoms with Crippen LogP contribution in [0, 0.1) is 5.82 Å². The number of halogens is 1. The summed E-state index contributed by atoms with van der Waals surface area (Å²) in [5.74, 6) is 1.03. The molecule has 0 radical (unpaired) electrons. The lowest BCUT2D eigenvalue weighted by atomic mass is 10.1. The van der Waals surface area contributed by atoms with Crippen molar-refractivity contribution in [3.8, 4) is 11.3 Å². The molecule has 0 bridgehead atoms. The molecule has 146 valence electrons. The molecule has 0 aliphatic carbocycles. The Kier molecular flexibility index (Phi) is 5.81. The summed E-state index contributed by atoms with van der Waals surface area (Å²) in [5, 5.41) is 0.751. The second kappa shape index (κ2) is 8.65. The van der Waals surface area contributed by atoms with Crippen LogP contribution < -0.4 is 0 Å². The summed E-state index contributed by atoms with van der Waals surface area (Å²) in [6.07, 6.45) is 6.77. The number of hydrogen-bond acceptors (Lipinski definition) is 4. The first-order chi connectivity index (χ1) is 13.7. The third-order valence-electron chi connectivity index (χ3n) is 4.89. The number of benzene rings is 1. The van der Waals surface area contributed by atoms with Gasteiger partial charge in [-0.3, -0.25) is 4.79 Å². The highest BCUT2D eigenvalue weighted by Gasteiger charge is 2.19. The number of carbonyl (C=O) groups excluding carboxylic acids is 1. The number of piperidine rings is 1. The Labute approximate surface area is 167 Å². The highest BCUT2D eigenvalue weighted by atomic mass is 32.2. The zero-order valence-corrected chi connectivity index (χ0v) is 16.3. The van der Waals surface area contributed by atoms with Crippen LogP contribution in [0.2, 0.25) is 0 Å². The van der Waals surface area contributed by atoms with Crippen molar-refractivity contribution in [1.82, 2.24) is 14.5 Å². The van der Waals surface area contributed by atoms with Crippen molar-refractivity contribution in [2.24, 2.45) is 0 Å². The van der Waals surface area contributed by atoms with E-state index in [1.807, 2.05) is 21.6 Å². The van der Waals surface area contributed by atoms with Crippen molar-refractivity contribution < 1.29 is 13.6 Å². The number of imidazole rings is 1. The van der Waals surface area contributed by atoms with Crippen LogP contribution in [0.3, 0.4) is 0 Å². The highest BCUT2D eigenvalue weighted by molar-refractivity contribution is 7.99. The van der Waals surface area contributed by atoms with Crippen LogP contribution in [0.1, 0.15) is 25.0 Å². The SMILES string of the molecule is O=C(CSc1ncc(-c2ccc(F)cc2)n1Cc1ccco1)N1CCCCC1. The van der Waals surface area contributed by atoms with Gasteiger partial charge in [0.25, 0.3) is 0 Å². The summed E-state index contributed by atoms with van der Waals surface area (Å²) in [4.78, 5) is 19.0. The molecule has 1 aliphatic heterocycles. The van der Waals surface area contributed by atoms with Crippen LogP contribution >= 0.6 is 11.8 Å². The zero-order valence-electron chi connectivity index (χ0n) is 15.5. The third kappa shape index (κ3) is 4.30. The minimum Gasteiger partial charge on any atom is -0.467 e. The molecule has 7 heteroatoms. The van der Waals surface area contributed by atoms with Gasteiger partial charge in [0.15, 0.2) is 5.16 Å². The van der Waals surface area contributed by atoms with E-state index in [1.165, 1.54) is 30.3 Å². The van der Waals surface area contributed by atoms with Crippen molar-refractivity contribution in [2.45, 2.75) is 31.0 Å². The number of aromatic nitrogens is 2. The molecule has 0 spiro atoms. The molecule has 1 fully saturated rings. The summed E-state index contributed by atoms with van der Waals surface area (Å²) in [5.41, 5.74) is 1.74. The van der Waals surface area contributed by atoms with Crippen molar-refractivity contribution >= 4 is 17.7 Å². The number of hydrogen-bond donors (Lipinski definition) is 0. The summed E-state index contributed by atoms with van der Waals surface area (Å²) in [7, 11) is 0. The number of amides is 1. The number of carbonyl (C=O) groups is 1. The minimum absolute atomic E-state index is 0.153. The van der Waals surface area contributed by atoms with E-state index in [2.05, 4.69) is 4.98 Å². The molecule has 0 saturated carbocycles. The Morgan fingerprint density at radius 2 is 1.93 bits per heavy atom. The number of likely N-dealkylation sites (tertiary alicyclic amines) is 1. The van der Waals surface area contributed by atoms with E-state index in [4.69, 9.17) is 4.42 Å². The van der Waals surface area contributed by atoms with E-state index < -0.39 is 0 Å². The van der Waals surface area contributed by atoms with Crippen LogP contribution in [-0.2, 0) is 11.3 Å². The van der Waals surface area contributed by atoms with Crippen molar-refractivity contribution in [3.63, 3.8) is 0 Å². The molecule has 5 nitrogen and oxygen atoms in total. The van der Waals surface area contributed by atoms with Crippen LogP contribution in [0.25, 0.3) is 11.3 Å². The number of furan rings is 1. The molecule has 0 N–H and O–H groups in total. The average Bonchev–Trinajstić information content (AvgIpc) is 3.38. The van der Waals surface area contributed by atoms with Gasteiger partial charge >= 0.3 is 0 Å². The quantitative estimate of drug-likeness (QED) is 0.575. The zero-order chi connectivity index (χ0) is 19.3. The van der Waals surface area contributed by atoms with Gasteiger partial charge < -0.3 is 13.9 Å². The van der Waals surface area contributed by atoms with Crippen LogP contribution in [0.4, 0.5) is 4.39 Å². The van der Waals surface area contributed by atoms with Gasteiger partial charge in [-0.25, -0.2) is 9.37 Å². The Morgan fingerprint density at radius 3 is 2.64 bits per heavy atom. The predicted octanol–water partition coefficient (Wildman–Crippen LogP) is 4.44. The van der Waals surface area contributed by atoms with E-state index in [1.54, 1.807) is 24.6 Å². The van der Waals surface area contributed by atoms with E-state index in [9.17, 15) is 9.18 Å². The molecule has 1 aromatic carbocycles. The standard InChI is InChI=1S/C21H22FN3O2S/c22-17-8-6-16(7-9-17)19-13-23-21(25(19)14-18-5-4-12-27-18)28-15-20(26)24-10-2-1-3-11-24/h4-9,12-13H,1-3,10-11,14-15H2. The van der Waals surface area contributed by atoms with E-state index in [0.29, 0.717) is 12.3 Å². The summed E-state index contributed by atoms with van der Waals surface area (Å²) >= 11 is 1.43. The predicted molar refractivity (Wildman–Crippen MR) is 107 cm³/mol. The molecule has 0 atom stereocenters. The molecular weight excluding hydrogens is 377 g/mol. The monoisotopic (exact) mass is 399 g/mol. The Hall–Kier alpha value is -2.54. The molecule has 1 saturated heterocycles. The lowest BCUT2D eigenvalue weighted by molar-refractivity contribution is -0.129. The normalized spacial score (nSPS) is 14.4. The molecule has 3 heterocycles. The summed E-state index contributed by atoms with van der Waals surface area (Å²) in [6.45, 7) is 2.20. The van der Waals surface area contributed by atoms with E-state index in [-0.39, 0.29) is 11.7 Å². The van der Waals surface area contributed by atoms with E-state index >= 15 is 0 Å². The highest BCUT2D eigenvalue weighted by Crippen LogP contribution is 2.28. The van der Waals surface area contributed by atoms with Gasteiger partial charge in [-0.15, -0.1) is 0 Å². The smallest absolute Gasteiger partial charge is 0.233 e. The molecule has 1 amide bonds. The van der Waals surface area contributed by atoms with Gasteiger partial charge in [0, 0.05) is 13.1 Å². The topological polar surface area (TPSA) is 51.3 Å². The van der Waals surface area contributed by atoms with Gasteiger partial charge in [-0.1, -0.05) is 11.8 Å². The number of rotatable bonds is 6. The van der Waals surface area contributed by atoms with Crippen LogP contribution in [0.5, 0.6) is 0 Å². The Bertz CT molecular complexity index is 916. The first kappa shape index (κ1) is 18.8. The molecule has 0 unspecified atom stereocenters. The van der Waals surface area contributed by atoms with Gasteiger partial charge in [-0.05, 0) is 61.2 Å². The van der Waals surface area contributed by atoms with Crippen LogP contribution in [0.15, 0.2) is 58.4 Å². The molecule has 28 heavy (non-hydrogen) atoms. The molecule has 2 aromatic heterocycles. The largest absolute Gasteiger partial charge is 0.467 e. The average molecular weight is 399 g/mol. The van der Waals surface area contributed by atoms with Crippen molar-refractivity contribution in [3.05, 3.63) is 60.4 Å². The maximum absolute atomic E-state index is 13.3. The molecule has 3 aromatic rings. The van der Waals surface area contributed by atoms with Gasteiger partial charge in [0.2, 0.25) is 5.91 Å². The van der Waals surface area contributed by atoms with E-state index in [0.717, 1.165) is 48.1 Å². The Balaban J connectivity index is 1.55. The third-order valence-corrected chi connectivity index (χ3v) is 5.86. The fraction of sp³-hybridized carbons (Fsp3) is 0.333. The fourth-order valence-electron chi connectivity index (χ4n) is 3.40. The first-order valence-electron chi connectivity index (χ1n) is 9.45. The second-order valence-electron chi connectivity index (χ2n) is 6.83. The summed E-state index contributed by atoms with van der Waals surface area (Å²) < 4.78 is 20.8. The lowest BCUT2D eigenvalue weighted by Crippen LogP contribution is -2.36. The number of thioether (sulfide) groups is 1. The molecule has 4 rings (SSSR count). The summed E-state index contributed by atoms with van der Waals surface area (Å²) in [6, 6.07) is 10.1. The van der Waals surface area contributed by atoms with Gasteiger partial charge in [0.05, 0.1) is 30.5 Å². The van der Waals surface area contributed by atoms with Gasteiger partial charge in [0.1, 0.15) is 11.6 Å². The maximum atomic E-state index is 13.3. The second-order valence-corrected chi connectivity index (χ2v) is 7.77. The molecular formula is C21H22FN3O2S. The molecule has 1 aliphatic rings.